The Hall–Kier alpha value is -1.06. The molecule has 1 fully saturated rings. The van der Waals surface area contributed by atoms with Gasteiger partial charge in [0, 0.05) is 30.7 Å². The Kier molecular flexibility index (Phi) is 6.07. The van der Waals surface area contributed by atoms with Gasteiger partial charge in [-0.15, -0.1) is 0 Å². The Morgan fingerprint density at radius 1 is 1.19 bits per heavy atom. The maximum atomic E-state index is 10.0. The molecule has 0 radical (unpaired) electrons. The van der Waals surface area contributed by atoms with E-state index in [1.54, 1.807) is 0 Å². The average molecular weight is 290 g/mol. The van der Waals surface area contributed by atoms with Crippen LogP contribution in [0.15, 0.2) is 30.3 Å². The van der Waals surface area contributed by atoms with Gasteiger partial charge < -0.3 is 15.3 Å². The Labute approximate surface area is 129 Å². The maximum absolute atomic E-state index is 10.0. The number of anilines is 1. The van der Waals surface area contributed by atoms with Gasteiger partial charge in [0.15, 0.2) is 0 Å². The van der Waals surface area contributed by atoms with Gasteiger partial charge in [0.05, 0.1) is 6.10 Å². The number of hydrogen-bond acceptors (Lipinski definition) is 3. The highest BCUT2D eigenvalue weighted by Gasteiger charge is 2.29. The lowest BCUT2D eigenvalue weighted by Crippen LogP contribution is -2.51. The minimum Gasteiger partial charge on any atom is -0.393 e. The zero-order valence-electron chi connectivity index (χ0n) is 13.6. The van der Waals surface area contributed by atoms with Gasteiger partial charge in [-0.05, 0) is 44.4 Å². The number of hydrogen-bond donors (Lipinski definition) is 2. The SMILES string of the molecule is CC(C)CCNC1CC(C(C)O)CN(c2ccccc2)C1. The second-order valence-corrected chi connectivity index (χ2v) is 6.81. The van der Waals surface area contributed by atoms with Crippen LogP contribution < -0.4 is 10.2 Å². The van der Waals surface area contributed by atoms with Gasteiger partial charge in [-0.2, -0.15) is 0 Å². The standard InChI is InChI=1S/C18H30N2O/c1-14(2)9-10-19-17-11-16(15(3)21)12-20(13-17)18-7-5-4-6-8-18/h4-8,14-17,19,21H,9-13H2,1-3H3. The first-order valence-electron chi connectivity index (χ1n) is 8.27. The molecule has 1 heterocycles. The first-order chi connectivity index (χ1) is 10.1. The molecule has 3 atom stereocenters. The van der Waals surface area contributed by atoms with E-state index in [9.17, 15) is 5.11 Å². The molecule has 1 aliphatic heterocycles. The molecule has 3 heteroatoms. The van der Waals surface area contributed by atoms with Gasteiger partial charge in [0.2, 0.25) is 0 Å². The van der Waals surface area contributed by atoms with Crippen LogP contribution in [0.4, 0.5) is 5.69 Å². The van der Waals surface area contributed by atoms with E-state index in [0.717, 1.165) is 32.0 Å². The monoisotopic (exact) mass is 290 g/mol. The van der Waals surface area contributed by atoms with Gasteiger partial charge in [-0.3, -0.25) is 0 Å². The fourth-order valence-electron chi connectivity index (χ4n) is 3.06. The Morgan fingerprint density at radius 2 is 1.90 bits per heavy atom. The topological polar surface area (TPSA) is 35.5 Å². The summed E-state index contributed by atoms with van der Waals surface area (Å²) in [5.41, 5.74) is 1.26. The lowest BCUT2D eigenvalue weighted by molar-refractivity contribution is 0.106. The van der Waals surface area contributed by atoms with Gasteiger partial charge in [-0.25, -0.2) is 0 Å². The number of piperidine rings is 1. The third kappa shape index (κ3) is 5.01. The third-order valence-electron chi connectivity index (χ3n) is 4.44. The van der Waals surface area contributed by atoms with Crippen LogP contribution in [0.25, 0.3) is 0 Å². The van der Waals surface area contributed by atoms with Crippen LogP contribution in [0, 0.1) is 11.8 Å². The number of rotatable bonds is 6. The molecule has 1 aromatic carbocycles. The molecule has 0 bridgehead atoms. The van der Waals surface area contributed by atoms with Gasteiger partial charge in [0.1, 0.15) is 0 Å². The summed E-state index contributed by atoms with van der Waals surface area (Å²) in [4.78, 5) is 2.41. The molecule has 3 nitrogen and oxygen atoms in total. The van der Waals surface area contributed by atoms with Crippen molar-refractivity contribution in [3.8, 4) is 0 Å². The summed E-state index contributed by atoms with van der Waals surface area (Å²) in [6, 6.07) is 11.0. The smallest absolute Gasteiger partial charge is 0.0557 e. The molecule has 2 rings (SSSR count). The second kappa shape index (κ2) is 7.81. The molecule has 0 aromatic heterocycles. The Balaban J connectivity index is 1.98. The van der Waals surface area contributed by atoms with Crippen LogP contribution in [-0.4, -0.2) is 36.9 Å². The number of nitrogens with one attached hydrogen (secondary N) is 1. The first-order valence-corrected chi connectivity index (χ1v) is 8.27. The molecule has 118 valence electrons. The van der Waals surface area contributed by atoms with E-state index < -0.39 is 0 Å². The van der Waals surface area contributed by atoms with Gasteiger partial charge in [0.25, 0.3) is 0 Å². The molecule has 1 saturated heterocycles. The van der Waals surface area contributed by atoms with Crippen molar-refractivity contribution in [2.24, 2.45) is 11.8 Å². The van der Waals surface area contributed by atoms with Crippen LogP contribution in [0.3, 0.4) is 0 Å². The first kappa shape index (κ1) is 16.3. The summed E-state index contributed by atoms with van der Waals surface area (Å²) in [5.74, 6) is 1.08. The fourth-order valence-corrected chi connectivity index (χ4v) is 3.06. The van der Waals surface area contributed by atoms with Crippen LogP contribution >= 0.6 is 0 Å². The highest BCUT2D eigenvalue weighted by Crippen LogP contribution is 2.25. The van der Waals surface area contributed by atoms with E-state index in [1.807, 2.05) is 6.92 Å². The van der Waals surface area contributed by atoms with Crippen molar-refractivity contribution >= 4 is 5.69 Å². The van der Waals surface area contributed by atoms with E-state index in [1.165, 1.54) is 12.1 Å². The number of aliphatic hydroxyl groups excluding tert-OH is 1. The molecule has 0 spiro atoms. The second-order valence-electron chi connectivity index (χ2n) is 6.81. The number of para-hydroxylation sites is 1. The summed E-state index contributed by atoms with van der Waals surface area (Å²) in [6.45, 7) is 9.49. The third-order valence-corrected chi connectivity index (χ3v) is 4.44. The largest absolute Gasteiger partial charge is 0.393 e. The molecule has 21 heavy (non-hydrogen) atoms. The van der Waals surface area contributed by atoms with Crippen molar-refractivity contribution in [2.45, 2.75) is 45.8 Å². The molecule has 2 N–H and O–H groups in total. The van der Waals surface area contributed by atoms with E-state index in [4.69, 9.17) is 0 Å². The van der Waals surface area contributed by atoms with Crippen molar-refractivity contribution in [1.82, 2.24) is 5.32 Å². The molecular formula is C18H30N2O. The predicted octanol–water partition coefficient (Wildman–Crippen LogP) is 2.90. The van der Waals surface area contributed by atoms with Crippen LogP contribution in [-0.2, 0) is 0 Å². The molecule has 0 aliphatic carbocycles. The van der Waals surface area contributed by atoms with E-state index in [0.29, 0.717) is 12.0 Å². The normalized spacial score (nSPS) is 24.3. The summed E-state index contributed by atoms with van der Waals surface area (Å²) in [6.07, 6.45) is 2.03. The van der Waals surface area contributed by atoms with Gasteiger partial charge >= 0.3 is 0 Å². The summed E-state index contributed by atoms with van der Waals surface area (Å²) in [7, 11) is 0. The zero-order chi connectivity index (χ0) is 15.2. The lowest BCUT2D eigenvalue weighted by atomic mass is 9.89. The Bertz CT molecular complexity index is 405. The molecule has 1 aliphatic rings. The van der Waals surface area contributed by atoms with Crippen molar-refractivity contribution in [1.29, 1.82) is 0 Å². The molecule has 0 amide bonds. The number of benzene rings is 1. The van der Waals surface area contributed by atoms with Crippen molar-refractivity contribution in [3.05, 3.63) is 30.3 Å². The average Bonchev–Trinajstić information content (AvgIpc) is 2.47. The van der Waals surface area contributed by atoms with Gasteiger partial charge in [-0.1, -0.05) is 32.0 Å². The van der Waals surface area contributed by atoms with Crippen LogP contribution in [0.5, 0.6) is 0 Å². The highest BCUT2D eigenvalue weighted by molar-refractivity contribution is 5.46. The highest BCUT2D eigenvalue weighted by atomic mass is 16.3. The number of nitrogens with zero attached hydrogens (tertiary/aromatic N) is 1. The van der Waals surface area contributed by atoms with Crippen molar-refractivity contribution in [2.75, 3.05) is 24.5 Å². The molecule has 0 saturated carbocycles. The van der Waals surface area contributed by atoms with Crippen molar-refractivity contribution < 1.29 is 5.11 Å². The van der Waals surface area contributed by atoms with Crippen LogP contribution in [0.1, 0.15) is 33.6 Å². The zero-order valence-corrected chi connectivity index (χ0v) is 13.6. The van der Waals surface area contributed by atoms with Crippen molar-refractivity contribution in [3.63, 3.8) is 0 Å². The molecule has 1 aromatic rings. The Morgan fingerprint density at radius 3 is 2.52 bits per heavy atom. The molecular weight excluding hydrogens is 260 g/mol. The number of aliphatic hydroxyl groups is 1. The maximum Gasteiger partial charge on any atom is 0.0557 e. The molecule has 3 unspecified atom stereocenters. The fraction of sp³-hybridized carbons (Fsp3) is 0.667. The van der Waals surface area contributed by atoms with Crippen LogP contribution in [0.2, 0.25) is 0 Å². The summed E-state index contributed by atoms with van der Waals surface area (Å²) >= 11 is 0. The minimum absolute atomic E-state index is 0.245. The van der Waals surface area contributed by atoms with E-state index in [2.05, 4.69) is 54.4 Å². The minimum atomic E-state index is -0.245. The summed E-state index contributed by atoms with van der Waals surface area (Å²) < 4.78 is 0. The summed E-state index contributed by atoms with van der Waals surface area (Å²) in [5, 5.41) is 13.7. The lowest BCUT2D eigenvalue weighted by Gasteiger charge is -2.40. The van der Waals surface area contributed by atoms with E-state index in [-0.39, 0.29) is 6.10 Å². The quantitative estimate of drug-likeness (QED) is 0.845. The van der Waals surface area contributed by atoms with E-state index >= 15 is 0 Å². The predicted molar refractivity (Wildman–Crippen MR) is 89.7 cm³/mol.